The van der Waals surface area contributed by atoms with Crippen LogP contribution in [-0.4, -0.2) is 57.9 Å². The number of morpholine rings is 1. The first-order valence-corrected chi connectivity index (χ1v) is 11.1. The van der Waals surface area contributed by atoms with Crippen molar-refractivity contribution in [2.75, 3.05) is 44.4 Å². The topological polar surface area (TPSA) is 103 Å². The summed E-state index contributed by atoms with van der Waals surface area (Å²) in [6.07, 6.45) is 1.63. The molecule has 1 saturated heterocycles. The molecule has 29 heavy (non-hydrogen) atoms. The molecule has 158 valence electrons. The molecule has 0 aliphatic carbocycles. The summed E-state index contributed by atoms with van der Waals surface area (Å²) in [6.45, 7) is 7.14. The SMILES string of the molecule is CCOc1ccc(OCC)c(S(=O)(=O)NCc2nccc(N3CCOCC3)n2)c1. The van der Waals surface area contributed by atoms with Crippen LogP contribution in [0.3, 0.4) is 0 Å². The van der Waals surface area contributed by atoms with Gasteiger partial charge in [0.2, 0.25) is 10.0 Å². The second-order valence-electron chi connectivity index (χ2n) is 6.23. The fraction of sp³-hybridized carbons (Fsp3) is 0.474. The first-order chi connectivity index (χ1) is 14.0. The molecule has 2 heterocycles. The molecule has 0 saturated carbocycles. The molecular formula is C19H26N4O5S. The van der Waals surface area contributed by atoms with Crippen molar-refractivity contribution in [1.82, 2.24) is 14.7 Å². The Hall–Kier alpha value is -2.43. The molecule has 2 aromatic rings. The zero-order valence-corrected chi connectivity index (χ0v) is 17.4. The lowest BCUT2D eigenvalue weighted by Gasteiger charge is -2.27. The predicted octanol–water partition coefficient (Wildman–Crippen LogP) is 1.59. The summed E-state index contributed by atoms with van der Waals surface area (Å²) in [4.78, 5) is 10.8. The third kappa shape index (κ3) is 5.55. The molecule has 9 nitrogen and oxygen atoms in total. The summed E-state index contributed by atoms with van der Waals surface area (Å²) in [5, 5.41) is 0. The molecule has 0 unspecified atom stereocenters. The fourth-order valence-electron chi connectivity index (χ4n) is 2.91. The first-order valence-electron chi connectivity index (χ1n) is 9.57. The number of nitrogens with one attached hydrogen (secondary N) is 1. The fourth-order valence-corrected chi connectivity index (χ4v) is 4.05. The van der Waals surface area contributed by atoms with E-state index in [9.17, 15) is 8.42 Å². The van der Waals surface area contributed by atoms with Gasteiger partial charge in [-0.3, -0.25) is 0 Å². The van der Waals surface area contributed by atoms with Crippen LogP contribution in [0.4, 0.5) is 5.82 Å². The van der Waals surface area contributed by atoms with Crippen molar-refractivity contribution >= 4 is 15.8 Å². The maximum absolute atomic E-state index is 12.9. The summed E-state index contributed by atoms with van der Waals surface area (Å²) < 4.78 is 44.7. The van der Waals surface area contributed by atoms with Crippen LogP contribution in [0.25, 0.3) is 0 Å². The predicted molar refractivity (Wildman–Crippen MR) is 108 cm³/mol. The summed E-state index contributed by atoms with van der Waals surface area (Å²) in [7, 11) is -3.86. The Morgan fingerprint density at radius 3 is 2.62 bits per heavy atom. The van der Waals surface area contributed by atoms with Crippen LogP contribution in [0.2, 0.25) is 0 Å². The molecule has 0 radical (unpaired) electrons. The number of ether oxygens (including phenoxy) is 3. The van der Waals surface area contributed by atoms with Gasteiger partial charge in [-0.05, 0) is 32.0 Å². The molecular weight excluding hydrogens is 396 g/mol. The van der Waals surface area contributed by atoms with Gasteiger partial charge in [0, 0.05) is 25.4 Å². The lowest BCUT2D eigenvalue weighted by atomic mass is 10.3. The van der Waals surface area contributed by atoms with Crippen molar-refractivity contribution in [3.8, 4) is 11.5 Å². The molecule has 1 aliphatic rings. The van der Waals surface area contributed by atoms with Gasteiger partial charge in [-0.25, -0.2) is 23.1 Å². The Bertz CT molecular complexity index is 917. The Morgan fingerprint density at radius 1 is 1.14 bits per heavy atom. The molecule has 1 aromatic carbocycles. The van der Waals surface area contributed by atoms with E-state index in [-0.39, 0.29) is 17.2 Å². The molecule has 1 aliphatic heterocycles. The van der Waals surface area contributed by atoms with Crippen LogP contribution in [0.1, 0.15) is 19.7 Å². The van der Waals surface area contributed by atoms with Crippen molar-refractivity contribution in [1.29, 1.82) is 0 Å². The number of hydrogen-bond donors (Lipinski definition) is 1. The molecule has 3 rings (SSSR count). The van der Waals surface area contributed by atoms with E-state index in [1.54, 1.807) is 25.3 Å². The lowest BCUT2D eigenvalue weighted by Crippen LogP contribution is -2.37. The highest BCUT2D eigenvalue weighted by Crippen LogP contribution is 2.28. The first kappa shape index (κ1) is 21.3. The van der Waals surface area contributed by atoms with E-state index in [1.807, 2.05) is 13.0 Å². The number of anilines is 1. The zero-order chi connectivity index (χ0) is 20.7. The van der Waals surface area contributed by atoms with Crippen molar-refractivity contribution in [3.63, 3.8) is 0 Å². The summed E-state index contributed by atoms with van der Waals surface area (Å²) in [6, 6.07) is 6.55. The standard InChI is InChI=1S/C19H26N4O5S/c1-3-27-15-5-6-16(28-4-2)17(13-15)29(24,25)21-14-18-20-8-7-19(22-18)23-9-11-26-12-10-23/h5-8,13,21H,3-4,9-12,14H2,1-2H3. The lowest BCUT2D eigenvalue weighted by molar-refractivity contribution is 0.122. The van der Waals surface area contributed by atoms with Crippen LogP contribution < -0.4 is 19.1 Å². The van der Waals surface area contributed by atoms with E-state index in [4.69, 9.17) is 14.2 Å². The van der Waals surface area contributed by atoms with Gasteiger partial charge in [0.1, 0.15) is 28.0 Å². The third-order valence-corrected chi connectivity index (χ3v) is 5.68. The van der Waals surface area contributed by atoms with Gasteiger partial charge in [-0.15, -0.1) is 0 Å². The average Bonchev–Trinajstić information content (AvgIpc) is 2.75. The van der Waals surface area contributed by atoms with Crippen molar-refractivity contribution in [2.45, 2.75) is 25.3 Å². The highest BCUT2D eigenvalue weighted by atomic mass is 32.2. The minimum Gasteiger partial charge on any atom is -0.494 e. The van der Waals surface area contributed by atoms with Crippen molar-refractivity contribution in [2.24, 2.45) is 0 Å². The highest BCUT2D eigenvalue weighted by molar-refractivity contribution is 7.89. The second-order valence-corrected chi connectivity index (χ2v) is 7.96. The number of rotatable bonds is 9. The normalized spacial score (nSPS) is 14.6. The van der Waals surface area contributed by atoms with Gasteiger partial charge in [-0.1, -0.05) is 0 Å². The molecule has 0 bridgehead atoms. The number of sulfonamides is 1. The van der Waals surface area contributed by atoms with Crippen LogP contribution in [0.15, 0.2) is 35.4 Å². The van der Waals surface area contributed by atoms with E-state index in [1.165, 1.54) is 6.07 Å². The van der Waals surface area contributed by atoms with Crippen LogP contribution in [0.5, 0.6) is 11.5 Å². The monoisotopic (exact) mass is 422 g/mol. The van der Waals surface area contributed by atoms with Gasteiger partial charge >= 0.3 is 0 Å². The summed E-state index contributed by atoms with van der Waals surface area (Å²) in [5.74, 6) is 1.87. The van der Waals surface area contributed by atoms with Gasteiger partial charge < -0.3 is 19.1 Å². The summed E-state index contributed by atoms with van der Waals surface area (Å²) >= 11 is 0. The van der Waals surface area contributed by atoms with E-state index in [2.05, 4.69) is 19.6 Å². The summed E-state index contributed by atoms with van der Waals surface area (Å²) in [5.41, 5.74) is 0. The molecule has 1 aromatic heterocycles. The molecule has 10 heteroatoms. The number of benzene rings is 1. The second kappa shape index (κ2) is 9.86. The van der Waals surface area contributed by atoms with Crippen LogP contribution in [-0.2, 0) is 21.3 Å². The van der Waals surface area contributed by atoms with Gasteiger partial charge in [0.25, 0.3) is 0 Å². The molecule has 0 atom stereocenters. The van der Waals surface area contributed by atoms with Gasteiger partial charge in [0.15, 0.2) is 0 Å². The Balaban J connectivity index is 1.77. The van der Waals surface area contributed by atoms with E-state index >= 15 is 0 Å². The van der Waals surface area contributed by atoms with Gasteiger partial charge in [0.05, 0.1) is 33.0 Å². The third-order valence-electron chi connectivity index (χ3n) is 4.26. The Morgan fingerprint density at radius 2 is 1.90 bits per heavy atom. The minimum atomic E-state index is -3.86. The number of nitrogens with zero attached hydrogens (tertiary/aromatic N) is 3. The number of aromatic nitrogens is 2. The maximum Gasteiger partial charge on any atom is 0.244 e. The largest absolute Gasteiger partial charge is 0.494 e. The number of hydrogen-bond acceptors (Lipinski definition) is 8. The molecule has 1 fully saturated rings. The average molecular weight is 423 g/mol. The van der Waals surface area contributed by atoms with Crippen molar-refractivity contribution < 1.29 is 22.6 Å². The van der Waals surface area contributed by atoms with Gasteiger partial charge in [-0.2, -0.15) is 0 Å². The molecule has 1 N–H and O–H groups in total. The van der Waals surface area contributed by atoms with E-state index in [0.29, 0.717) is 38.0 Å². The molecule has 0 spiro atoms. The maximum atomic E-state index is 12.9. The quantitative estimate of drug-likeness (QED) is 0.650. The Labute approximate surface area is 171 Å². The highest BCUT2D eigenvalue weighted by Gasteiger charge is 2.21. The van der Waals surface area contributed by atoms with Crippen molar-refractivity contribution in [3.05, 3.63) is 36.3 Å². The van der Waals surface area contributed by atoms with E-state index in [0.717, 1.165) is 18.9 Å². The van der Waals surface area contributed by atoms with E-state index < -0.39 is 10.0 Å². The molecule has 0 amide bonds. The smallest absolute Gasteiger partial charge is 0.244 e. The Kier molecular flexibility index (Phi) is 7.24. The minimum absolute atomic E-state index is 0.0228. The van der Waals surface area contributed by atoms with Crippen LogP contribution in [0, 0.1) is 0 Å². The van der Waals surface area contributed by atoms with Crippen LogP contribution >= 0.6 is 0 Å². The zero-order valence-electron chi connectivity index (χ0n) is 16.6.